The Kier molecular flexibility index (Phi) is 7.74. The molecule has 0 aliphatic heterocycles. The minimum absolute atomic E-state index is 0.0506. The predicted molar refractivity (Wildman–Crippen MR) is 80.9 cm³/mol. The van der Waals surface area contributed by atoms with Crippen LogP contribution < -0.4 is 0 Å². The fraction of sp³-hybridized carbons (Fsp3) is 0.529. The lowest BCUT2D eigenvalue weighted by Gasteiger charge is -2.12. The Bertz CT molecular complexity index is 553. The van der Waals surface area contributed by atoms with E-state index < -0.39 is 30.3 Å². The Morgan fingerprint density at radius 3 is 2.21 bits per heavy atom. The van der Waals surface area contributed by atoms with E-state index in [0.717, 1.165) is 6.07 Å². The first-order chi connectivity index (χ1) is 11.2. The molecule has 0 unspecified atom stereocenters. The molecule has 4 nitrogen and oxygen atoms in total. The summed E-state index contributed by atoms with van der Waals surface area (Å²) >= 11 is 0. The van der Waals surface area contributed by atoms with Gasteiger partial charge < -0.3 is 9.47 Å². The number of halogens is 3. The Morgan fingerprint density at radius 1 is 1.04 bits per heavy atom. The highest BCUT2D eigenvalue weighted by molar-refractivity contribution is 5.72. The van der Waals surface area contributed by atoms with Crippen LogP contribution in [0.5, 0.6) is 0 Å². The predicted octanol–water partition coefficient (Wildman–Crippen LogP) is 4.12. The van der Waals surface area contributed by atoms with Crippen LogP contribution in [0.25, 0.3) is 0 Å². The molecule has 24 heavy (non-hydrogen) atoms. The lowest BCUT2D eigenvalue weighted by Crippen LogP contribution is -2.13. The molecule has 0 fully saturated rings. The number of hydrogen-bond acceptors (Lipinski definition) is 4. The summed E-state index contributed by atoms with van der Waals surface area (Å²) in [5.74, 6) is -0.824. The molecule has 0 heterocycles. The molecular formula is C17H21F3O4. The first-order valence-electron chi connectivity index (χ1n) is 7.66. The molecule has 1 rings (SSSR count). The summed E-state index contributed by atoms with van der Waals surface area (Å²) in [5, 5.41) is 0. The van der Waals surface area contributed by atoms with Crippen LogP contribution in [0, 0.1) is 5.92 Å². The molecule has 0 radical (unpaired) electrons. The van der Waals surface area contributed by atoms with Crippen LogP contribution in [0.1, 0.15) is 44.2 Å². The van der Waals surface area contributed by atoms with Gasteiger partial charge in [0, 0.05) is 18.4 Å². The zero-order valence-electron chi connectivity index (χ0n) is 13.7. The Hall–Kier alpha value is -2.05. The van der Waals surface area contributed by atoms with E-state index in [1.54, 1.807) is 0 Å². The van der Waals surface area contributed by atoms with Crippen LogP contribution in [-0.2, 0) is 31.8 Å². The van der Waals surface area contributed by atoms with Gasteiger partial charge in [0.05, 0.1) is 12.2 Å². The van der Waals surface area contributed by atoms with Crippen molar-refractivity contribution >= 4 is 11.9 Å². The topological polar surface area (TPSA) is 52.6 Å². The molecule has 0 N–H and O–H groups in total. The average molecular weight is 346 g/mol. The van der Waals surface area contributed by atoms with Crippen LogP contribution in [0.3, 0.4) is 0 Å². The van der Waals surface area contributed by atoms with Crippen LogP contribution in [0.2, 0.25) is 0 Å². The van der Waals surface area contributed by atoms with E-state index in [1.165, 1.54) is 18.2 Å². The summed E-state index contributed by atoms with van der Waals surface area (Å²) in [6, 6.07) is 4.92. The van der Waals surface area contributed by atoms with Crippen molar-refractivity contribution in [1.82, 2.24) is 0 Å². The van der Waals surface area contributed by atoms with Crippen molar-refractivity contribution in [2.24, 2.45) is 5.92 Å². The molecule has 0 aliphatic rings. The van der Waals surface area contributed by atoms with Gasteiger partial charge in [-0.05, 0) is 18.4 Å². The summed E-state index contributed by atoms with van der Waals surface area (Å²) in [5.41, 5.74) is -0.926. The van der Waals surface area contributed by atoms with Gasteiger partial charge >= 0.3 is 18.1 Å². The minimum Gasteiger partial charge on any atom is -0.465 e. The normalized spacial score (nSPS) is 11.4. The average Bonchev–Trinajstić information content (AvgIpc) is 2.50. The summed E-state index contributed by atoms with van der Waals surface area (Å²) in [6.45, 7) is 3.68. The van der Waals surface area contributed by atoms with Gasteiger partial charge in [-0.3, -0.25) is 9.59 Å². The van der Waals surface area contributed by atoms with E-state index in [9.17, 15) is 22.8 Å². The number of hydrogen-bond donors (Lipinski definition) is 0. The van der Waals surface area contributed by atoms with Crippen molar-refractivity contribution in [3.8, 4) is 0 Å². The van der Waals surface area contributed by atoms with E-state index in [4.69, 9.17) is 9.47 Å². The summed E-state index contributed by atoms with van der Waals surface area (Å²) in [7, 11) is 0. The van der Waals surface area contributed by atoms with E-state index >= 15 is 0 Å². The second-order valence-electron chi connectivity index (χ2n) is 5.75. The molecule has 1 aromatic rings. The lowest BCUT2D eigenvalue weighted by molar-refractivity contribution is -0.148. The van der Waals surface area contributed by atoms with Gasteiger partial charge in [-0.1, -0.05) is 32.0 Å². The van der Waals surface area contributed by atoms with Gasteiger partial charge in [-0.2, -0.15) is 13.2 Å². The lowest BCUT2D eigenvalue weighted by atomic mass is 10.1. The third-order valence-corrected chi connectivity index (χ3v) is 3.05. The molecule has 0 aromatic heterocycles. The molecule has 0 saturated carbocycles. The Labute approximate surface area is 138 Å². The molecular weight excluding hydrogens is 325 g/mol. The molecule has 0 bridgehead atoms. The molecule has 0 spiro atoms. The van der Waals surface area contributed by atoms with Crippen LogP contribution in [0.15, 0.2) is 24.3 Å². The largest absolute Gasteiger partial charge is 0.465 e. The standard InChI is InChI=1S/C17H21F3O4/c1-12(2)10-23-15(21)8-5-9-16(22)24-11-13-6-3-4-7-14(13)17(18,19)20/h3-4,6-7,12H,5,8-11H2,1-2H3. The second-order valence-corrected chi connectivity index (χ2v) is 5.75. The number of ether oxygens (including phenoxy) is 2. The van der Waals surface area contributed by atoms with Crippen LogP contribution in [-0.4, -0.2) is 18.5 Å². The third-order valence-electron chi connectivity index (χ3n) is 3.05. The molecule has 0 atom stereocenters. The number of alkyl halides is 3. The van der Waals surface area contributed by atoms with Gasteiger partial charge in [0.2, 0.25) is 0 Å². The molecule has 134 valence electrons. The molecule has 0 amide bonds. The molecule has 0 aliphatic carbocycles. The van der Waals surface area contributed by atoms with Gasteiger partial charge in [-0.15, -0.1) is 0 Å². The second kappa shape index (κ2) is 9.30. The number of rotatable bonds is 8. The Morgan fingerprint density at radius 2 is 1.62 bits per heavy atom. The highest BCUT2D eigenvalue weighted by Crippen LogP contribution is 2.32. The Balaban J connectivity index is 2.36. The number of benzene rings is 1. The highest BCUT2D eigenvalue weighted by Gasteiger charge is 2.33. The summed E-state index contributed by atoms with van der Waals surface area (Å²) < 4.78 is 48.2. The molecule has 0 saturated heterocycles. The third kappa shape index (κ3) is 7.48. The highest BCUT2D eigenvalue weighted by atomic mass is 19.4. The van der Waals surface area contributed by atoms with E-state index in [0.29, 0.717) is 6.61 Å². The van der Waals surface area contributed by atoms with E-state index in [1.807, 2.05) is 13.8 Å². The number of carbonyl (C=O) groups excluding carboxylic acids is 2. The van der Waals surface area contributed by atoms with Gasteiger partial charge in [0.1, 0.15) is 6.61 Å². The van der Waals surface area contributed by atoms with Gasteiger partial charge in [0.25, 0.3) is 0 Å². The van der Waals surface area contributed by atoms with E-state index in [2.05, 4.69) is 0 Å². The number of carbonyl (C=O) groups is 2. The maximum atomic E-state index is 12.8. The maximum Gasteiger partial charge on any atom is 0.416 e. The minimum atomic E-state index is -4.50. The first kappa shape index (κ1) is 20.0. The van der Waals surface area contributed by atoms with Gasteiger partial charge in [-0.25, -0.2) is 0 Å². The van der Waals surface area contributed by atoms with Crippen molar-refractivity contribution in [3.63, 3.8) is 0 Å². The maximum absolute atomic E-state index is 12.8. The molecule has 7 heteroatoms. The fourth-order valence-electron chi connectivity index (χ4n) is 1.86. The van der Waals surface area contributed by atoms with Crippen LogP contribution in [0.4, 0.5) is 13.2 Å². The van der Waals surface area contributed by atoms with Crippen molar-refractivity contribution in [1.29, 1.82) is 0 Å². The molecule has 1 aromatic carbocycles. The zero-order chi connectivity index (χ0) is 18.2. The van der Waals surface area contributed by atoms with Gasteiger partial charge in [0.15, 0.2) is 0 Å². The summed E-state index contributed by atoms with van der Waals surface area (Å²) in [6.07, 6.45) is -4.24. The SMILES string of the molecule is CC(C)COC(=O)CCCC(=O)OCc1ccccc1C(F)(F)F. The van der Waals surface area contributed by atoms with Crippen molar-refractivity contribution in [2.75, 3.05) is 6.61 Å². The first-order valence-corrected chi connectivity index (χ1v) is 7.66. The monoisotopic (exact) mass is 346 g/mol. The quantitative estimate of drug-likeness (QED) is 0.665. The van der Waals surface area contributed by atoms with Crippen LogP contribution >= 0.6 is 0 Å². The van der Waals surface area contributed by atoms with E-state index in [-0.39, 0.29) is 30.7 Å². The zero-order valence-corrected chi connectivity index (χ0v) is 13.7. The van der Waals surface area contributed by atoms with Crippen molar-refractivity contribution in [3.05, 3.63) is 35.4 Å². The van der Waals surface area contributed by atoms with Crippen molar-refractivity contribution < 1.29 is 32.2 Å². The van der Waals surface area contributed by atoms with Crippen molar-refractivity contribution in [2.45, 2.75) is 45.9 Å². The fourth-order valence-corrected chi connectivity index (χ4v) is 1.86. The number of esters is 2. The smallest absolute Gasteiger partial charge is 0.416 e. The summed E-state index contributed by atoms with van der Waals surface area (Å²) in [4.78, 5) is 22.9.